The Morgan fingerprint density at radius 2 is 2.21 bits per heavy atom. The molecule has 6 heteroatoms. The lowest BCUT2D eigenvalue weighted by Crippen LogP contribution is -1.92. The maximum atomic E-state index is 13.1. The van der Waals surface area contributed by atoms with Gasteiger partial charge >= 0.3 is 5.69 Å². The summed E-state index contributed by atoms with van der Waals surface area (Å²) in [4.78, 5) is 9.79. The van der Waals surface area contributed by atoms with Gasteiger partial charge in [-0.3, -0.25) is 10.1 Å². The SMILES string of the molecule is O=[N+]([O-])c1c(F)ccc2oc(Br)cc12. The molecule has 0 aliphatic rings. The average molecular weight is 260 g/mol. The minimum Gasteiger partial charge on any atom is -0.449 e. The molecule has 0 spiro atoms. The lowest BCUT2D eigenvalue weighted by atomic mass is 10.2. The Morgan fingerprint density at radius 3 is 2.86 bits per heavy atom. The zero-order valence-corrected chi connectivity index (χ0v) is 8.25. The van der Waals surface area contributed by atoms with E-state index in [0.29, 0.717) is 4.67 Å². The summed E-state index contributed by atoms with van der Waals surface area (Å²) < 4.78 is 18.5. The molecule has 0 radical (unpaired) electrons. The van der Waals surface area contributed by atoms with E-state index in [9.17, 15) is 14.5 Å². The first kappa shape index (κ1) is 9.14. The third-order valence-corrected chi connectivity index (χ3v) is 2.17. The third-order valence-electron chi connectivity index (χ3n) is 1.78. The fourth-order valence-electron chi connectivity index (χ4n) is 1.22. The van der Waals surface area contributed by atoms with Crippen molar-refractivity contribution in [1.29, 1.82) is 0 Å². The van der Waals surface area contributed by atoms with Gasteiger partial charge in [0.15, 0.2) is 4.67 Å². The van der Waals surface area contributed by atoms with Crippen molar-refractivity contribution in [1.82, 2.24) is 0 Å². The van der Waals surface area contributed by atoms with E-state index in [0.717, 1.165) is 6.07 Å². The predicted molar refractivity (Wildman–Crippen MR) is 50.5 cm³/mol. The smallest absolute Gasteiger partial charge is 0.315 e. The Labute approximate surface area is 85.6 Å². The summed E-state index contributed by atoms with van der Waals surface area (Å²) in [5.41, 5.74) is -0.276. The average Bonchev–Trinajstić information content (AvgIpc) is 2.43. The number of hydrogen-bond acceptors (Lipinski definition) is 3. The monoisotopic (exact) mass is 259 g/mol. The molecule has 2 rings (SSSR count). The highest BCUT2D eigenvalue weighted by Crippen LogP contribution is 2.32. The van der Waals surface area contributed by atoms with Crippen LogP contribution in [0.2, 0.25) is 0 Å². The van der Waals surface area contributed by atoms with Gasteiger partial charge in [-0.1, -0.05) is 0 Å². The molecule has 0 bridgehead atoms. The van der Waals surface area contributed by atoms with Crippen LogP contribution in [0.5, 0.6) is 0 Å². The van der Waals surface area contributed by atoms with Crippen LogP contribution >= 0.6 is 15.9 Å². The zero-order valence-electron chi connectivity index (χ0n) is 6.66. The topological polar surface area (TPSA) is 56.3 Å². The maximum absolute atomic E-state index is 13.1. The van der Waals surface area contributed by atoms with Crippen LogP contribution < -0.4 is 0 Å². The molecule has 0 aliphatic heterocycles. The van der Waals surface area contributed by atoms with E-state index in [2.05, 4.69) is 15.9 Å². The summed E-state index contributed by atoms with van der Waals surface area (Å²) >= 11 is 3.02. The molecule has 0 aliphatic carbocycles. The van der Waals surface area contributed by atoms with E-state index in [4.69, 9.17) is 4.42 Å². The fourth-order valence-corrected chi connectivity index (χ4v) is 1.63. The fraction of sp³-hybridized carbons (Fsp3) is 0. The number of hydrogen-bond donors (Lipinski definition) is 0. The zero-order chi connectivity index (χ0) is 10.3. The molecule has 1 aromatic heterocycles. The highest BCUT2D eigenvalue weighted by Gasteiger charge is 2.21. The molecule has 0 saturated heterocycles. The van der Waals surface area contributed by atoms with Crippen LogP contribution in [0.3, 0.4) is 0 Å². The largest absolute Gasteiger partial charge is 0.449 e. The van der Waals surface area contributed by atoms with E-state index in [-0.39, 0.29) is 11.0 Å². The van der Waals surface area contributed by atoms with Crippen molar-refractivity contribution < 1.29 is 13.7 Å². The number of rotatable bonds is 1. The Morgan fingerprint density at radius 1 is 1.50 bits per heavy atom. The number of nitrogens with zero attached hydrogens (tertiary/aromatic N) is 1. The van der Waals surface area contributed by atoms with E-state index in [1.807, 2.05) is 0 Å². The molecule has 1 heterocycles. The second-order valence-electron chi connectivity index (χ2n) is 2.62. The van der Waals surface area contributed by atoms with Crippen LogP contribution in [0.4, 0.5) is 10.1 Å². The van der Waals surface area contributed by atoms with Crippen molar-refractivity contribution >= 4 is 32.6 Å². The highest BCUT2D eigenvalue weighted by atomic mass is 79.9. The Balaban J connectivity index is 2.88. The van der Waals surface area contributed by atoms with E-state index < -0.39 is 16.4 Å². The number of nitro groups is 1. The van der Waals surface area contributed by atoms with Crippen LogP contribution in [0.25, 0.3) is 11.0 Å². The molecule has 0 atom stereocenters. The standard InChI is InChI=1S/C8H3BrFNO3/c9-7-3-4-6(14-7)2-1-5(10)8(4)11(12)13/h1-3H. The minimum absolute atomic E-state index is 0.155. The number of nitro benzene ring substituents is 1. The number of fused-ring (bicyclic) bond motifs is 1. The van der Waals surface area contributed by atoms with E-state index >= 15 is 0 Å². The normalized spacial score (nSPS) is 10.7. The molecule has 0 N–H and O–H groups in total. The lowest BCUT2D eigenvalue weighted by molar-refractivity contribution is -0.385. The van der Waals surface area contributed by atoms with E-state index in [1.54, 1.807) is 0 Å². The first-order valence-electron chi connectivity index (χ1n) is 3.61. The summed E-state index contributed by atoms with van der Waals surface area (Å²) in [5, 5.41) is 10.7. The highest BCUT2D eigenvalue weighted by molar-refractivity contribution is 9.10. The van der Waals surface area contributed by atoms with Gasteiger partial charge in [0.1, 0.15) is 11.0 Å². The molecule has 72 valence electrons. The van der Waals surface area contributed by atoms with Gasteiger partial charge in [-0.25, -0.2) is 0 Å². The van der Waals surface area contributed by atoms with Crippen LogP contribution in [0.1, 0.15) is 0 Å². The van der Waals surface area contributed by atoms with Gasteiger partial charge in [0.25, 0.3) is 0 Å². The second-order valence-corrected chi connectivity index (χ2v) is 3.40. The van der Waals surface area contributed by atoms with Gasteiger partial charge in [-0.05, 0) is 28.1 Å². The first-order chi connectivity index (χ1) is 6.59. The Bertz CT molecular complexity index is 523. The first-order valence-corrected chi connectivity index (χ1v) is 4.41. The Hall–Kier alpha value is -1.43. The summed E-state index contributed by atoms with van der Waals surface area (Å²) in [5.74, 6) is -0.865. The van der Waals surface area contributed by atoms with Crippen LogP contribution in [0.15, 0.2) is 27.3 Å². The van der Waals surface area contributed by atoms with Crippen molar-refractivity contribution in [2.45, 2.75) is 0 Å². The molecular weight excluding hydrogens is 257 g/mol. The molecule has 0 saturated carbocycles. The van der Waals surface area contributed by atoms with Gasteiger partial charge in [-0.2, -0.15) is 4.39 Å². The van der Waals surface area contributed by atoms with Gasteiger partial charge in [0.05, 0.1) is 4.92 Å². The predicted octanol–water partition coefficient (Wildman–Crippen LogP) is 3.24. The van der Waals surface area contributed by atoms with Gasteiger partial charge in [0.2, 0.25) is 5.82 Å². The minimum atomic E-state index is -0.865. The molecule has 2 aromatic rings. The quantitative estimate of drug-likeness (QED) is 0.584. The maximum Gasteiger partial charge on any atom is 0.315 e. The number of halogens is 2. The molecule has 0 amide bonds. The van der Waals surface area contributed by atoms with Gasteiger partial charge in [0, 0.05) is 6.07 Å². The van der Waals surface area contributed by atoms with Crippen molar-refractivity contribution in [3.8, 4) is 0 Å². The van der Waals surface area contributed by atoms with Crippen LogP contribution in [-0.2, 0) is 0 Å². The lowest BCUT2D eigenvalue weighted by Gasteiger charge is -1.93. The number of furan rings is 1. The van der Waals surface area contributed by atoms with Crippen LogP contribution in [-0.4, -0.2) is 4.92 Å². The Kier molecular flexibility index (Phi) is 1.99. The summed E-state index contributed by atoms with van der Waals surface area (Å²) in [6, 6.07) is 3.73. The molecule has 0 unspecified atom stereocenters. The van der Waals surface area contributed by atoms with Crippen molar-refractivity contribution in [3.05, 3.63) is 38.8 Å². The van der Waals surface area contributed by atoms with Crippen molar-refractivity contribution in [2.75, 3.05) is 0 Å². The van der Waals surface area contributed by atoms with Crippen LogP contribution in [0, 0.1) is 15.9 Å². The van der Waals surface area contributed by atoms with Crippen molar-refractivity contribution in [2.24, 2.45) is 0 Å². The molecule has 4 nitrogen and oxygen atoms in total. The summed E-state index contributed by atoms with van der Waals surface area (Å²) in [7, 11) is 0. The molecule has 1 aromatic carbocycles. The van der Waals surface area contributed by atoms with Gasteiger partial charge < -0.3 is 4.42 Å². The summed E-state index contributed by atoms with van der Waals surface area (Å²) in [6.07, 6.45) is 0. The third kappa shape index (κ3) is 1.27. The molecule has 0 fully saturated rings. The number of benzene rings is 1. The van der Waals surface area contributed by atoms with Gasteiger partial charge in [-0.15, -0.1) is 0 Å². The summed E-state index contributed by atoms with van der Waals surface area (Å²) in [6.45, 7) is 0. The second kappa shape index (κ2) is 3.06. The molecular formula is C8H3BrFNO3. The molecule has 14 heavy (non-hydrogen) atoms. The van der Waals surface area contributed by atoms with E-state index in [1.165, 1.54) is 12.1 Å². The van der Waals surface area contributed by atoms with Crippen molar-refractivity contribution in [3.63, 3.8) is 0 Å².